The summed E-state index contributed by atoms with van der Waals surface area (Å²) < 4.78 is 0. The molecule has 16 heavy (non-hydrogen) atoms. The minimum Gasteiger partial charge on any atom is -0.481 e. The number of carboxylic acid groups (broad SMARTS) is 1. The molecule has 1 N–H and O–H groups in total. The lowest BCUT2D eigenvalue weighted by molar-refractivity contribution is -0.133. The Balaban J connectivity index is 2.17. The number of rotatable bonds is 4. The molecule has 0 radical (unpaired) electrons. The first kappa shape index (κ1) is 11.1. The normalized spacial score (nSPS) is 10.2. The maximum Gasteiger partial charge on any atom is 0.313 e. The van der Waals surface area contributed by atoms with Crippen molar-refractivity contribution >= 4 is 29.1 Å². The van der Waals surface area contributed by atoms with E-state index in [1.807, 2.05) is 23.6 Å². The van der Waals surface area contributed by atoms with Crippen LogP contribution in [0.5, 0.6) is 0 Å². The number of thioether (sulfide) groups is 1. The molecule has 0 aliphatic carbocycles. The highest BCUT2D eigenvalue weighted by molar-refractivity contribution is 7.99. The third kappa shape index (κ3) is 2.80. The zero-order chi connectivity index (χ0) is 11.4. The van der Waals surface area contributed by atoms with Crippen LogP contribution in [-0.2, 0) is 4.79 Å². The molecular weight excluding hydrogens is 244 g/mol. The Morgan fingerprint density at radius 2 is 2.38 bits per heavy atom. The van der Waals surface area contributed by atoms with Gasteiger partial charge in [-0.2, -0.15) is 0 Å². The maximum absolute atomic E-state index is 10.4. The highest BCUT2D eigenvalue weighted by Crippen LogP contribution is 2.23. The third-order valence-corrected chi connectivity index (χ3v) is 3.47. The molecule has 0 saturated heterocycles. The van der Waals surface area contributed by atoms with Crippen molar-refractivity contribution in [2.24, 2.45) is 0 Å². The number of carbonyl (C=O) groups is 1. The Morgan fingerprint density at radius 1 is 1.50 bits per heavy atom. The molecule has 0 atom stereocenters. The van der Waals surface area contributed by atoms with E-state index in [1.165, 1.54) is 0 Å². The number of carboxylic acids is 1. The zero-order valence-electron chi connectivity index (χ0n) is 8.16. The van der Waals surface area contributed by atoms with Crippen LogP contribution in [0.1, 0.15) is 0 Å². The first-order valence-corrected chi connectivity index (χ1v) is 6.34. The summed E-state index contributed by atoms with van der Waals surface area (Å²) in [5, 5.41) is 11.0. The molecule has 0 bridgehead atoms. The summed E-state index contributed by atoms with van der Waals surface area (Å²) in [6.45, 7) is 0. The average Bonchev–Trinajstić information content (AvgIpc) is 2.80. The van der Waals surface area contributed by atoms with Crippen LogP contribution >= 0.6 is 23.1 Å². The topological polar surface area (TPSA) is 63.1 Å². The quantitative estimate of drug-likeness (QED) is 0.668. The van der Waals surface area contributed by atoms with Crippen molar-refractivity contribution in [1.29, 1.82) is 0 Å². The van der Waals surface area contributed by atoms with Gasteiger partial charge in [0.05, 0.1) is 16.3 Å². The lowest BCUT2D eigenvalue weighted by Gasteiger charge is -1.99. The number of thiophene rings is 1. The molecule has 4 nitrogen and oxygen atoms in total. The second-order valence-corrected chi connectivity index (χ2v) is 4.77. The first-order valence-electron chi connectivity index (χ1n) is 4.47. The van der Waals surface area contributed by atoms with Gasteiger partial charge in [0.25, 0.3) is 0 Å². The minimum atomic E-state index is -0.866. The van der Waals surface area contributed by atoms with Gasteiger partial charge in [0.1, 0.15) is 0 Å². The molecule has 0 fully saturated rings. The lowest BCUT2D eigenvalue weighted by atomic mass is 10.3. The Hall–Kier alpha value is -1.40. The van der Waals surface area contributed by atoms with Gasteiger partial charge < -0.3 is 5.11 Å². The molecular formula is C10H8N2O2S2. The van der Waals surface area contributed by atoms with E-state index >= 15 is 0 Å². The van der Waals surface area contributed by atoms with Crippen molar-refractivity contribution in [2.45, 2.75) is 5.16 Å². The second-order valence-electron chi connectivity index (χ2n) is 2.88. The zero-order valence-corrected chi connectivity index (χ0v) is 9.79. The first-order chi connectivity index (χ1) is 7.75. The summed E-state index contributed by atoms with van der Waals surface area (Å²) in [6.07, 6.45) is 1.65. The Morgan fingerprint density at radius 3 is 3.06 bits per heavy atom. The van der Waals surface area contributed by atoms with Gasteiger partial charge in [0, 0.05) is 6.20 Å². The summed E-state index contributed by atoms with van der Waals surface area (Å²) in [5.74, 6) is -0.886. The molecule has 0 saturated carbocycles. The Labute approximate surface area is 100 Å². The molecule has 0 amide bonds. The minimum absolute atomic E-state index is 0.0199. The number of aliphatic carboxylic acids is 1. The molecule has 0 aromatic carbocycles. The molecule has 0 spiro atoms. The van der Waals surface area contributed by atoms with Crippen LogP contribution < -0.4 is 0 Å². The van der Waals surface area contributed by atoms with Crippen LogP contribution in [0.15, 0.2) is 34.9 Å². The lowest BCUT2D eigenvalue weighted by Crippen LogP contribution is -1.99. The van der Waals surface area contributed by atoms with Gasteiger partial charge in [0.15, 0.2) is 5.16 Å². The van der Waals surface area contributed by atoms with E-state index in [2.05, 4.69) is 9.97 Å². The van der Waals surface area contributed by atoms with Crippen LogP contribution in [0.2, 0.25) is 0 Å². The largest absolute Gasteiger partial charge is 0.481 e. The van der Waals surface area contributed by atoms with Crippen LogP contribution in [0.3, 0.4) is 0 Å². The van der Waals surface area contributed by atoms with Gasteiger partial charge in [-0.3, -0.25) is 4.79 Å². The number of hydrogen-bond donors (Lipinski definition) is 1. The molecule has 2 aromatic heterocycles. The van der Waals surface area contributed by atoms with Gasteiger partial charge in [-0.25, -0.2) is 9.97 Å². The average molecular weight is 252 g/mol. The fourth-order valence-electron chi connectivity index (χ4n) is 1.10. The van der Waals surface area contributed by atoms with E-state index in [4.69, 9.17) is 5.11 Å². The SMILES string of the molecule is O=C(O)CSc1nccc(-c2cccs2)n1. The summed E-state index contributed by atoms with van der Waals surface area (Å²) in [5.41, 5.74) is 0.831. The molecule has 0 unspecified atom stereocenters. The molecule has 6 heteroatoms. The molecule has 0 aliphatic heterocycles. The van der Waals surface area contributed by atoms with Crippen LogP contribution in [0.4, 0.5) is 0 Å². The summed E-state index contributed by atoms with van der Waals surface area (Å²) in [4.78, 5) is 19.8. The predicted molar refractivity (Wildman–Crippen MR) is 63.7 cm³/mol. The van der Waals surface area contributed by atoms with Gasteiger partial charge in [-0.15, -0.1) is 11.3 Å². The fourth-order valence-corrected chi connectivity index (χ4v) is 2.34. The standard InChI is InChI=1S/C10H8N2O2S2/c13-9(14)6-16-10-11-4-3-7(12-10)8-2-1-5-15-8/h1-5H,6H2,(H,13,14). The predicted octanol–water partition coefficient (Wildman–Crippen LogP) is 2.38. The van der Waals surface area contributed by atoms with Crippen LogP contribution in [0, 0.1) is 0 Å². The van der Waals surface area contributed by atoms with E-state index in [1.54, 1.807) is 17.5 Å². The van der Waals surface area contributed by atoms with Crippen molar-refractivity contribution in [3.63, 3.8) is 0 Å². The van der Waals surface area contributed by atoms with Crippen LogP contribution in [-0.4, -0.2) is 26.8 Å². The second kappa shape index (κ2) is 5.09. The molecule has 0 aliphatic rings. The third-order valence-electron chi connectivity index (χ3n) is 1.73. The van der Waals surface area contributed by atoms with E-state index in [0.29, 0.717) is 5.16 Å². The number of aromatic nitrogens is 2. The molecule has 2 heterocycles. The smallest absolute Gasteiger partial charge is 0.313 e. The van der Waals surface area contributed by atoms with E-state index in [-0.39, 0.29) is 5.75 Å². The van der Waals surface area contributed by atoms with E-state index in [0.717, 1.165) is 22.3 Å². The van der Waals surface area contributed by atoms with Crippen molar-refractivity contribution in [3.05, 3.63) is 29.8 Å². The number of hydrogen-bond acceptors (Lipinski definition) is 5. The van der Waals surface area contributed by atoms with Gasteiger partial charge >= 0.3 is 5.97 Å². The summed E-state index contributed by atoms with van der Waals surface area (Å²) >= 11 is 2.72. The Bertz CT molecular complexity index is 485. The summed E-state index contributed by atoms with van der Waals surface area (Å²) in [6, 6.07) is 5.74. The molecule has 2 aromatic rings. The van der Waals surface area contributed by atoms with Gasteiger partial charge in [0.2, 0.25) is 0 Å². The van der Waals surface area contributed by atoms with E-state index in [9.17, 15) is 4.79 Å². The van der Waals surface area contributed by atoms with Crippen molar-refractivity contribution in [3.8, 4) is 10.6 Å². The van der Waals surface area contributed by atoms with Crippen molar-refractivity contribution in [1.82, 2.24) is 9.97 Å². The van der Waals surface area contributed by atoms with Gasteiger partial charge in [-0.05, 0) is 17.5 Å². The van der Waals surface area contributed by atoms with E-state index < -0.39 is 5.97 Å². The molecule has 2 rings (SSSR count). The van der Waals surface area contributed by atoms with Gasteiger partial charge in [-0.1, -0.05) is 17.8 Å². The van der Waals surface area contributed by atoms with Crippen molar-refractivity contribution in [2.75, 3.05) is 5.75 Å². The fraction of sp³-hybridized carbons (Fsp3) is 0.100. The van der Waals surface area contributed by atoms with Crippen LogP contribution in [0.25, 0.3) is 10.6 Å². The molecule has 82 valence electrons. The van der Waals surface area contributed by atoms with Crippen molar-refractivity contribution < 1.29 is 9.90 Å². The number of nitrogens with zero attached hydrogens (tertiary/aromatic N) is 2. The summed E-state index contributed by atoms with van der Waals surface area (Å²) in [7, 11) is 0. The highest BCUT2D eigenvalue weighted by Gasteiger charge is 2.05. The monoisotopic (exact) mass is 252 g/mol. The highest BCUT2D eigenvalue weighted by atomic mass is 32.2. The Kier molecular flexibility index (Phi) is 3.53. The maximum atomic E-state index is 10.4.